The number of rotatable bonds is 4. The van der Waals surface area contributed by atoms with E-state index in [-0.39, 0.29) is 17.9 Å². The van der Waals surface area contributed by atoms with E-state index in [0.717, 1.165) is 24.2 Å². The third-order valence-corrected chi connectivity index (χ3v) is 5.29. The van der Waals surface area contributed by atoms with Crippen molar-refractivity contribution in [2.75, 3.05) is 38.1 Å². The first-order valence-corrected chi connectivity index (χ1v) is 9.83. The average molecular weight is 379 g/mol. The van der Waals surface area contributed by atoms with Gasteiger partial charge in [-0.2, -0.15) is 0 Å². The molecule has 2 amide bonds. The van der Waals surface area contributed by atoms with E-state index >= 15 is 0 Å². The lowest BCUT2D eigenvalue weighted by Crippen LogP contribution is -2.52. The van der Waals surface area contributed by atoms with Gasteiger partial charge >= 0.3 is 0 Å². The van der Waals surface area contributed by atoms with Gasteiger partial charge in [0.1, 0.15) is 6.10 Å². The van der Waals surface area contributed by atoms with Gasteiger partial charge in [0.15, 0.2) is 0 Å². The SMILES string of the molecule is O=C(c1ccccc1Nc1ccccc1)N1CCN(C(=O)C2CCCO2)CC1. The second-order valence-corrected chi connectivity index (χ2v) is 7.16. The zero-order valence-corrected chi connectivity index (χ0v) is 15.8. The second-order valence-electron chi connectivity index (χ2n) is 7.16. The summed E-state index contributed by atoms with van der Waals surface area (Å²) < 4.78 is 5.50. The highest BCUT2D eigenvalue weighted by Crippen LogP contribution is 2.23. The summed E-state index contributed by atoms with van der Waals surface area (Å²) in [6, 6.07) is 17.4. The number of hydrogen-bond donors (Lipinski definition) is 1. The number of amides is 2. The molecule has 6 nitrogen and oxygen atoms in total. The van der Waals surface area contributed by atoms with E-state index in [2.05, 4.69) is 5.32 Å². The number of nitrogens with one attached hydrogen (secondary N) is 1. The van der Waals surface area contributed by atoms with Crippen molar-refractivity contribution in [2.45, 2.75) is 18.9 Å². The van der Waals surface area contributed by atoms with Crippen molar-refractivity contribution in [3.63, 3.8) is 0 Å². The Labute approximate surface area is 165 Å². The van der Waals surface area contributed by atoms with Crippen LogP contribution < -0.4 is 5.32 Å². The van der Waals surface area contributed by atoms with Gasteiger partial charge < -0.3 is 19.9 Å². The zero-order valence-electron chi connectivity index (χ0n) is 15.8. The van der Waals surface area contributed by atoms with Crippen LogP contribution in [0.5, 0.6) is 0 Å². The van der Waals surface area contributed by atoms with E-state index in [4.69, 9.17) is 4.74 Å². The molecule has 1 unspecified atom stereocenters. The summed E-state index contributed by atoms with van der Waals surface area (Å²) in [7, 11) is 0. The first-order valence-electron chi connectivity index (χ1n) is 9.83. The summed E-state index contributed by atoms with van der Waals surface area (Å²) in [4.78, 5) is 29.2. The number of ether oxygens (including phenoxy) is 1. The van der Waals surface area contributed by atoms with E-state index in [0.29, 0.717) is 38.3 Å². The maximum atomic E-state index is 13.1. The molecule has 0 radical (unpaired) electrons. The van der Waals surface area contributed by atoms with Crippen molar-refractivity contribution in [1.29, 1.82) is 0 Å². The van der Waals surface area contributed by atoms with Crippen LogP contribution in [-0.4, -0.2) is 60.5 Å². The first kappa shape index (κ1) is 18.5. The summed E-state index contributed by atoms with van der Waals surface area (Å²) in [6.07, 6.45) is 1.45. The number of piperazine rings is 1. The lowest BCUT2D eigenvalue weighted by Gasteiger charge is -2.36. The van der Waals surface area contributed by atoms with Crippen LogP contribution in [-0.2, 0) is 9.53 Å². The molecular weight excluding hydrogens is 354 g/mol. The number of para-hydroxylation sites is 2. The monoisotopic (exact) mass is 379 g/mol. The topological polar surface area (TPSA) is 61.9 Å². The molecule has 146 valence electrons. The molecule has 0 aromatic heterocycles. The highest BCUT2D eigenvalue weighted by Gasteiger charge is 2.31. The number of carbonyl (C=O) groups is 2. The summed E-state index contributed by atoms with van der Waals surface area (Å²) >= 11 is 0. The van der Waals surface area contributed by atoms with Gasteiger partial charge in [0.25, 0.3) is 11.8 Å². The third-order valence-electron chi connectivity index (χ3n) is 5.29. The van der Waals surface area contributed by atoms with Crippen molar-refractivity contribution in [3.05, 3.63) is 60.2 Å². The van der Waals surface area contributed by atoms with Gasteiger partial charge in [-0.1, -0.05) is 30.3 Å². The van der Waals surface area contributed by atoms with Gasteiger partial charge in [0, 0.05) is 38.5 Å². The largest absolute Gasteiger partial charge is 0.368 e. The molecule has 0 bridgehead atoms. The Hall–Kier alpha value is -2.86. The second kappa shape index (κ2) is 8.44. The summed E-state index contributed by atoms with van der Waals surface area (Å²) in [6.45, 7) is 2.85. The van der Waals surface area contributed by atoms with Gasteiger partial charge in [-0.15, -0.1) is 0 Å². The molecule has 2 heterocycles. The molecule has 2 aromatic rings. The molecule has 2 aliphatic heterocycles. The van der Waals surface area contributed by atoms with Gasteiger partial charge in [-0.25, -0.2) is 0 Å². The van der Waals surface area contributed by atoms with Crippen molar-refractivity contribution >= 4 is 23.2 Å². The highest BCUT2D eigenvalue weighted by atomic mass is 16.5. The fourth-order valence-corrected chi connectivity index (χ4v) is 3.73. The summed E-state index contributed by atoms with van der Waals surface area (Å²) in [5.74, 6) is 0.0546. The first-order chi connectivity index (χ1) is 13.7. The lowest BCUT2D eigenvalue weighted by molar-refractivity contribution is -0.142. The van der Waals surface area contributed by atoms with Crippen LogP contribution in [0.15, 0.2) is 54.6 Å². The van der Waals surface area contributed by atoms with E-state index in [1.54, 1.807) is 0 Å². The minimum Gasteiger partial charge on any atom is -0.368 e. The lowest BCUT2D eigenvalue weighted by atomic mass is 10.1. The third kappa shape index (κ3) is 4.02. The van der Waals surface area contributed by atoms with Gasteiger partial charge in [-0.05, 0) is 37.1 Å². The standard InChI is InChI=1S/C22H25N3O3/c26-21(18-9-4-5-10-19(18)23-17-7-2-1-3-8-17)24-12-14-25(15-13-24)22(27)20-11-6-16-28-20/h1-5,7-10,20,23H,6,11-16H2. The van der Waals surface area contributed by atoms with E-state index < -0.39 is 0 Å². The molecule has 2 saturated heterocycles. The van der Waals surface area contributed by atoms with Gasteiger partial charge in [-0.3, -0.25) is 9.59 Å². The molecule has 1 atom stereocenters. The molecule has 0 spiro atoms. The van der Waals surface area contributed by atoms with E-state index in [9.17, 15) is 9.59 Å². The minimum atomic E-state index is -0.293. The van der Waals surface area contributed by atoms with Crippen molar-refractivity contribution in [1.82, 2.24) is 9.80 Å². The maximum Gasteiger partial charge on any atom is 0.256 e. The Kier molecular flexibility index (Phi) is 5.58. The molecular formula is C22H25N3O3. The van der Waals surface area contributed by atoms with Gasteiger partial charge in [0.05, 0.1) is 11.3 Å². The fraction of sp³-hybridized carbons (Fsp3) is 0.364. The van der Waals surface area contributed by atoms with Crippen LogP contribution in [0.1, 0.15) is 23.2 Å². The molecule has 4 rings (SSSR count). The molecule has 0 aliphatic carbocycles. The Morgan fingerprint density at radius 1 is 0.893 bits per heavy atom. The molecule has 6 heteroatoms. The molecule has 2 fully saturated rings. The number of benzene rings is 2. The fourth-order valence-electron chi connectivity index (χ4n) is 3.73. The Morgan fingerprint density at radius 2 is 1.57 bits per heavy atom. The van der Waals surface area contributed by atoms with Crippen molar-refractivity contribution < 1.29 is 14.3 Å². The quantitative estimate of drug-likeness (QED) is 0.887. The maximum absolute atomic E-state index is 13.1. The van der Waals surface area contributed by atoms with Crippen LogP contribution in [0.3, 0.4) is 0 Å². The van der Waals surface area contributed by atoms with Gasteiger partial charge in [0.2, 0.25) is 0 Å². The smallest absolute Gasteiger partial charge is 0.256 e. The predicted octanol–water partition coefficient (Wildman–Crippen LogP) is 2.89. The Morgan fingerprint density at radius 3 is 2.29 bits per heavy atom. The Bertz CT molecular complexity index is 826. The molecule has 1 N–H and O–H groups in total. The molecule has 0 saturated carbocycles. The average Bonchev–Trinajstić information content (AvgIpc) is 3.29. The summed E-state index contributed by atoms with van der Waals surface area (Å²) in [5, 5.41) is 3.33. The normalized spacial score (nSPS) is 19.5. The number of anilines is 2. The van der Waals surface area contributed by atoms with Crippen molar-refractivity contribution in [3.8, 4) is 0 Å². The Balaban J connectivity index is 1.41. The number of nitrogens with zero attached hydrogens (tertiary/aromatic N) is 2. The van der Waals surface area contributed by atoms with E-state index in [1.165, 1.54) is 0 Å². The zero-order chi connectivity index (χ0) is 19.3. The van der Waals surface area contributed by atoms with Crippen LogP contribution in [0.4, 0.5) is 11.4 Å². The number of carbonyl (C=O) groups excluding carboxylic acids is 2. The highest BCUT2D eigenvalue weighted by molar-refractivity contribution is 6.00. The van der Waals surface area contributed by atoms with E-state index in [1.807, 2.05) is 64.4 Å². The molecule has 2 aliphatic rings. The summed E-state index contributed by atoms with van der Waals surface area (Å²) in [5.41, 5.74) is 2.37. The molecule has 2 aromatic carbocycles. The van der Waals surface area contributed by atoms with Crippen LogP contribution >= 0.6 is 0 Å². The van der Waals surface area contributed by atoms with Crippen molar-refractivity contribution in [2.24, 2.45) is 0 Å². The van der Waals surface area contributed by atoms with Crippen LogP contribution in [0, 0.1) is 0 Å². The van der Waals surface area contributed by atoms with Crippen LogP contribution in [0.2, 0.25) is 0 Å². The minimum absolute atomic E-state index is 0.0109. The number of hydrogen-bond acceptors (Lipinski definition) is 4. The molecule has 28 heavy (non-hydrogen) atoms. The van der Waals surface area contributed by atoms with Crippen LogP contribution in [0.25, 0.3) is 0 Å². The predicted molar refractivity (Wildman–Crippen MR) is 108 cm³/mol.